The Labute approximate surface area is 162 Å². The van der Waals surface area contributed by atoms with Crippen LogP contribution >= 0.6 is 11.6 Å². The Hall–Kier alpha value is -2.44. The van der Waals surface area contributed by atoms with Gasteiger partial charge in [0.25, 0.3) is 5.91 Å². The number of carbonyl (C=O) groups excluding carboxylic acids is 1. The zero-order valence-electron chi connectivity index (χ0n) is 15.4. The molecular formula is C20H21ClN4O2. The maximum absolute atomic E-state index is 13.0. The summed E-state index contributed by atoms with van der Waals surface area (Å²) in [5.41, 5.74) is 3.99. The lowest BCUT2D eigenvalue weighted by Crippen LogP contribution is -2.46. The van der Waals surface area contributed by atoms with E-state index in [2.05, 4.69) is 10.1 Å². The van der Waals surface area contributed by atoms with Gasteiger partial charge in [0.2, 0.25) is 0 Å². The number of ether oxygens (including phenoxy) is 1. The first-order valence-corrected chi connectivity index (χ1v) is 9.37. The van der Waals surface area contributed by atoms with E-state index in [4.69, 9.17) is 16.3 Å². The second kappa shape index (κ2) is 7.29. The first-order valence-electron chi connectivity index (χ1n) is 8.99. The van der Waals surface area contributed by atoms with Crippen molar-refractivity contribution >= 4 is 23.2 Å². The molecule has 0 spiro atoms. The molecule has 27 heavy (non-hydrogen) atoms. The van der Waals surface area contributed by atoms with Crippen molar-refractivity contribution in [3.05, 3.63) is 64.1 Å². The third-order valence-electron chi connectivity index (χ3n) is 4.78. The Morgan fingerprint density at radius 2 is 2.11 bits per heavy atom. The molecule has 0 unspecified atom stereocenters. The monoisotopic (exact) mass is 384 g/mol. The topological polar surface area (TPSA) is 59.7 Å². The molecule has 3 heterocycles. The molecule has 1 aliphatic rings. The molecule has 140 valence electrons. The van der Waals surface area contributed by atoms with Crippen LogP contribution in [0, 0.1) is 13.8 Å². The van der Waals surface area contributed by atoms with Gasteiger partial charge in [-0.05, 0) is 31.5 Å². The lowest BCUT2D eigenvalue weighted by Gasteiger charge is -2.32. The van der Waals surface area contributed by atoms with Crippen LogP contribution < -0.4 is 0 Å². The van der Waals surface area contributed by atoms with Crippen LogP contribution in [0.3, 0.4) is 0 Å². The Morgan fingerprint density at radius 3 is 2.93 bits per heavy atom. The summed E-state index contributed by atoms with van der Waals surface area (Å²) in [4.78, 5) is 19.2. The van der Waals surface area contributed by atoms with Crippen LogP contribution in [-0.4, -0.2) is 51.2 Å². The molecule has 3 aromatic rings. The van der Waals surface area contributed by atoms with Gasteiger partial charge in [0.1, 0.15) is 0 Å². The van der Waals surface area contributed by atoms with E-state index in [0.29, 0.717) is 37.5 Å². The third-order valence-corrected chi connectivity index (χ3v) is 5.15. The highest BCUT2D eigenvalue weighted by Gasteiger charge is 2.27. The normalized spacial score (nSPS) is 17.4. The predicted octanol–water partition coefficient (Wildman–Crippen LogP) is 3.08. The molecule has 7 heteroatoms. The molecule has 0 radical (unpaired) electrons. The molecule has 1 atom stereocenters. The van der Waals surface area contributed by atoms with Gasteiger partial charge in [0, 0.05) is 42.0 Å². The second-order valence-corrected chi connectivity index (χ2v) is 7.29. The summed E-state index contributed by atoms with van der Waals surface area (Å²) < 4.78 is 7.57. The zero-order chi connectivity index (χ0) is 19.0. The summed E-state index contributed by atoms with van der Waals surface area (Å²) >= 11 is 6.26. The van der Waals surface area contributed by atoms with Gasteiger partial charge in [-0.15, -0.1) is 0 Å². The number of nitrogens with zero attached hydrogens (tertiary/aromatic N) is 4. The van der Waals surface area contributed by atoms with Crippen LogP contribution in [0.1, 0.15) is 27.4 Å². The van der Waals surface area contributed by atoms with E-state index in [1.807, 2.05) is 44.2 Å². The molecule has 0 saturated carbocycles. The number of carbonyl (C=O) groups is 1. The van der Waals surface area contributed by atoms with Crippen molar-refractivity contribution in [3.8, 4) is 0 Å². The summed E-state index contributed by atoms with van der Waals surface area (Å²) in [7, 11) is 0. The predicted molar refractivity (Wildman–Crippen MR) is 103 cm³/mol. The number of rotatable bonds is 3. The minimum Gasteiger partial charge on any atom is -0.374 e. The highest BCUT2D eigenvalue weighted by atomic mass is 35.5. The molecule has 0 bridgehead atoms. The molecule has 0 aliphatic carbocycles. The Bertz CT molecular complexity index is 1000. The average Bonchev–Trinajstić information content (AvgIpc) is 3.07. The smallest absolute Gasteiger partial charge is 0.274 e. The molecule has 1 aromatic carbocycles. The van der Waals surface area contributed by atoms with Gasteiger partial charge in [-0.25, -0.2) is 9.50 Å². The fourth-order valence-electron chi connectivity index (χ4n) is 3.49. The van der Waals surface area contributed by atoms with E-state index >= 15 is 0 Å². The second-order valence-electron chi connectivity index (χ2n) is 6.88. The number of hydrogen-bond donors (Lipinski definition) is 0. The van der Waals surface area contributed by atoms with Crippen LogP contribution in [0.5, 0.6) is 0 Å². The van der Waals surface area contributed by atoms with Gasteiger partial charge in [-0.2, -0.15) is 5.10 Å². The quantitative estimate of drug-likeness (QED) is 0.696. The third kappa shape index (κ3) is 3.68. The van der Waals surface area contributed by atoms with E-state index < -0.39 is 0 Å². The van der Waals surface area contributed by atoms with Crippen molar-refractivity contribution in [1.82, 2.24) is 19.5 Å². The van der Waals surface area contributed by atoms with Crippen LogP contribution in [0.2, 0.25) is 5.02 Å². The number of aryl methyl sites for hydroxylation is 2. The van der Waals surface area contributed by atoms with Crippen molar-refractivity contribution in [2.45, 2.75) is 26.4 Å². The molecule has 0 N–H and O–H groups in total. The highest BCUT2D eigenvalue weighted by Crippen LogP contribution is 2.20. The number of hydrogen-bond acceptors (Lipinski definition) is 4. The number of halogens is 1. The fourth-order valence-corrected chi connectivity index (χ4v) is 3.70. The summed E-state index contributed by atoms with van der Waals surface area (Å²) in [5, 5.41) is 5.18. The summed E-state index contributed by atoms with van der Waals surface area (Å²) in [5.74, 6) is -0.0926. The first kappa shape index (κ1) is 17.9. The van der Waals surface area contributed by atoms with Gasteiger partial charge in [0.15, 0.2) is 11.3 Å². The van der Waals surface area contributed by atoms with Gasteiger partial charge in [-0.1, -0.05) is 29.8 Å². The summed E-state index contributed by atoms with van der Waals surface area (Å²) in [6.45, 7) is 5.46. The van der Waals surface area contributed by atoms with Crippen LogP contribution in [0.25, 0.3) is 5.65 Å². The Balaban J connectivity index is 1.52. The van der Waals surface area contributed by atoms with Gasteiger partial charge < -0.3 is 9.64 Å². The van der Waals surface area contributed by atoms with E-state index in [-0.39, 0.29) is 12.0 Å². The minimum atomic E-state index is -0.0926. The standard InChI is InChI=1S/C20H21ClN4O2/c1-13-9-14(2)25-19(22-13)11-18(23-25)20(26)24-7-8-27-16(12-24)10-15-5-3-4-6-17(15)21/h3-6,9,11,16H,7-8,10,12H2,1-2H3/t16-/m0/s1. The van der Waals surface area contributed by atoms with E-state index in [1.54, 1.807) is 15.5 Å². The van der Waals surface area contributed by atoms with E-state index in [9.17, 15) is 4.79 Å². The minimum absolute atomic E-state index is 0.0817. The molecule has 2 aromatic heterocycles. The van der Waals surface area contributed by atoms with E-state index in [0.717, 1.165) is 22.0 Å². The maximum atomic E-state index is 13.0. The molecular weight excluding hydrogens is 364 g/mol. The van der Waals surface area contributed by atoms with Crippen molar-refractivity contribution in [3.63, 3.8) is 0 Å². The lowest BCUT2D eigenvalue weighted by molar-refractivity contribution is -0.0210. The maximum Gasteiger partial charge on any atom is 0.274 e. The molecule has 4 rings (SSSR count). The van der Waals surface area contributed by atoms with Gasteiger partial charge >= 0.3 is 0 Å². The van der Waals surface area contributed by atoms with E-state index in [1.165, 1.54) is 0 Å². The summed E-state index contributed by atoms with van der Waals surface area (Å²) in [6, 6.07) is 11.4. The molecule has 1 aliphatic heterocycles. The number of amides is 1. The van der Waals surface area contributed by atoms with Crippen molar-refractivity contribution in [2.24, 2.45) is 0 Å². The van der Waals surface area contributed by atoms with Crippen LogP contribution in [-0.2, 0) is 11.2 Å². The number of aromatic nitrogens is 3. The average molecular weight is 385 g/mol. The lowest BCUT2D eigenvalue weighted by atomic mass is 10.1. The molecule has 6 nitrogen and oxygen atoms in total. The van der Waals surface area contributed by atoms with Gasteiger partial charge in [-0.3, -0.25) is 4.79 Å². The van der Waals surface area contributed by atoms with Crippen molar-refractivity contribution < 1.29 is 9.53 Å². The first-order chi connectivity index (χ1) is 13.0. The molecule has 1 saturated heterocycles. The van der Waals surface area contributed by atoms with Crippen LogP contribution in [0.4, 0.5) is 0 Å². The number of fused-ring (bicyclic) bond motifs is 1. The fraction of sp³-hybridized carbons (Fsp3) is 0.350. The Kier molecular flexibility index (Phi) is 4.85. The van der Waals surface area contributed by atoms with Crippen LogP contribution in [0.15, 0.2) is 36.4 Å². The largest absolute Gasteiger partial charge is 0.374 e. The van der Waals surface area contributed by atoms with Crippen molar-refractivity contribution in [1.29, 1.82) is 0 Å². The van der Waals surface area contributed by atoms with Gasteiger partial charge in [0.05, 0.1) is 12.7 Å². The zero-order valence-corrected chi connectivity index (χ0v) is 16.1. The van der Waals surface area contributed by atoms with Crippen molar-refractivity contribution in [2.75, 3.05) is 19.7 Å². The number of benzene rings is 1. The SMILES string of the molecule is Cc1cc(C)n2nc(C(=O)N3CCO[C@@H](Cc4ccccc4Cl)C3)cc2n1. The Morgan fingerprint density at radius 1 is 1.30 bits per heavy atom. The molecule has 1 amide bonds. The summed E-state index contributed by atoms with van der Waals surface area (Å²) in [6.07, 6.45) is 0.593. The molecule has 1 fully saturated rings. The number of morpholine rings is 1. The highest BCUT2D eigenvalue weighted by molar-refractivity contribution is 6.31.